The Bertz CT molecular complexity index is 658. The molecule has 0 saturated carbocycles. The molecule has 20 heavy (non-hydrogen) atoms. The Hall–Kier alpha value is -1.01. The van der Waals surface area contributed by atoms with Crippen molar-refractivity contribution in [3.8, 4) is 0 Å². The van der Waals surface area contributed by atoms with Crippen molar-refractivity contribution in [2.75, 3.05) is 0 Å². The van der Waals surface area contributed by atoms with Crippen LogP contribution in [-0.4, -0.2) is 5.06 Å². The highest BCUT2D eigenvalue weighted by Gasteiger charge is 2.28. The largest absolute Gasteiger partial charge is 0.387 e. The van der Waals surface area contributed by atoms with Gasteiger partial charge in [-0.25, -0.2) is 0 Å². The molecule has 0 radical (unpaired) electrons. The molecular formula is C14H12BrClN2OS. The summed E-state index contributed by atoms with van der Waals surface area (Å²) in [4.78, 5) is 6.78. The number of hydrogen-bond donors (Lipinski definition) is 1. The minimum atomic E-state index is 0.0327. The maximum absolute atomic E-state index is 6.01. The lowest BCUT2D eigenvalue weighted by Crippen LogP contribution is -2.22. The van der Waals surface area contributed by atoms with Crippen LogP contribution in [0.25, 0.3) is 0 Å². The van der Waals surface area contributed by atoms with Crippen molar-refractivity contribution >= 4 is 38.9 Å². The molecule has 1 aliphatic heterocycles. The van der Waals surface area contributed by atoms with Crippen molar-refractivity contribution in [2.45, 2.75) is 12.6 Å². The van der Waals surface area contributed by atoms with Gasteiger partial charge in [-0.3, -0.25) is 0 Å². The number of nitrogens with zero attached hydrogens (tertiary/aromatic N) is 1. The summed E-state index contributed by atoms with van der Waals surface area (Å²) in [6.45, 7) is 0.623. The zero-order chi connectivity index (χ0) is 14.1. The zero-order valence-corrected chi connectivity index (χ0v) is 13.6. The third kappa shape index (κ3) is 3.01. The van der Waals surface area contributed by atoms with Gasteiger partial charge in [-0.15, -0.1) is 16.4 Å². The number of rotatable bonds is 3. The SMILES string of the molecule is NC1=CC(c2ccc(Br)s2)N(Cc2cccc(Cl)c2)O1. The molecule has 6 heteroatoms. The molecule has 3 rings (SSSR count). The predicted molar refractivity (Wildman–Crippen MR) is 85.1 cm³/mol. The molecule has 0 bridgehead atoms. The molecule has 0 saturated heterocycles. The first kappa shape index (κ1) is 13.9. The monoisotopic (exact) mass is 370 g/mol. The van der Waals surface area contributed by atoms with E-state index in [9.17, 15) is 0 Å². The molecule has 2 aromatic rings. The van der Waals surface area contributed by atoms with Crippen LogP contribution in [0, 0.1) is 0 Å². The Labute approximate surface area is 134 Å². The van der Waals surface area contributed by atoms with E-state index in [1.165, 1.54) is 4.88 Å². The molecule has 0 spiro atoms. The third-order valence-electron chi connectivity index (χ3n) is 2.97. The lowest BCUT2D eigenvalue weighted by atomic mass is 10.2. The van der Waals surface area contributed by atoms with Gasteiger partial charge >= 0.3 is 0 Å². The summed E-state index contributed by atoms with van der Waals surface area (Å²) in [6.07, 6.45) is 1.92. The van der Waals surface area contributed by atoms with E-state index in [2.05, 4.69) is 22.0 Å². The van der Waals surface area contributed by atoms with Gasteiger partial charge < -0.3 is 10.6 Å². The average Bonchev–Trinajstić information content (AvgIpc) is 2.96. The Morgan fingerprint density at radius 1 is 1.35 bits per heavy atom. The summed E-state index contributed by atoms with van der Waals surface area (Å²) in [7, 11) is 0. The molecule has 0 fully saturated rings. The summed E-state index contributed by atoms with van der Waals surface area (Å²) < 4.78 is 1.09. The molecule has 1 aliphatic rings. The highest BCUT2D eigenvalue weighted by atomic mass is 79.9. The summed E-state index contributed by atoms with van der Waals surface area (Å²) in [5.41, 5.74) is 6.89. The van der Waals surface area contributed by atoms with Crippen molar-refractivity contribution in [1.29, 1.82) is 0 Å². The minimum absolute atomic E-state index is 0.0327. The van der Waals surface area contributed by atoms with Gasteiger partial charge in [-0.05, 0) is 45.8 Å². The van der Waals surface area contributed by atoms with E-state index in [0.717, 1.165) is 14.4 Å². The molecule has 1 aromatic carbocycles. The Morgan fingerprint density at radius 3 is 2.90 bits per heavy atom. The van der Waals surface area contributed by atoms with Gasteiger partial charge in [-0.1, -0.05) is 23.7 Å². The van der Waals surface area contributed by atoms with E-state index in [0.29, 0.717) is 12.4 Å². The van der Waals surface area contributed by atoms with Crippen LogP contribution in [0.4, 0.5) is 0 Å². The molecule has 104 valence electrons. The van der Waals surface area contributed by atoms with Crippen LogP contribution in [0.5, 0.6) is 0 Å². The van der Waals surface area contributed by atoms with Crippen LogP contribution in [0.3, 0.4) is 0 Å². The summed E-state index contributed by atoms with van der Waals surface area (Å²) >= 11 is 11.2. The van der Waals surface area contributed by atoms with E-state index in [1.54, 1.807) is 11.3 Å². The van der Waals surface area contributed by atoms with E-state index in [4.69, 9.17) is 22.2 Å². The average molecular weight is 372 g/mol. The van der Waals surface area contributed by atoms with Crippen molar-refractivity contribution in [3.05, 3.63) is 67.6 Å². The number of nitrogens with two attached hydrogens (primary N) is 1. The third-order valence-corrected chi connectivity index (χ3v) is 4.90. The van der Waals surface area contributed by atoms with Gasteiger partial charge in [0.15, 0.2) is 0 Å². The first-order valence-corrected chi connectivity index (χ1v) is 8.02. The van der Waals surface area contributed by atoms with E-state index in [-0.39, 0.29) is 6.04 Å². The lowest BCUT2D eigenvalue weighted by molar-refractivity contribution is -0.127. The number of halogens is 2. The second kappa shape index (κ2) is 5.77. The summed E-state index contributed by atoms with van der Waals surface area (Å²) in [5, 5.41) is 2.58. The Morgan fingerprint density at radius 2 is 2.20 bits per heavy atom. The fourth-order valence-corrected chi connectivity index (χ4v) is 3.83. The second-order valence-electron chi connectivity index (χ2n) is 4.45. The van der Waals surface area contributed by atoms with E-state index < -0.39 is 0 Å². The van der Waals surface area contributed by atoms with E-state index >= 15 is 0 Å². The molecule has 2 N–H and O–H groups in total. The van der Waals surface area contributed by atoms with Gasteiger partial charge in [0.25, 0.3) is 0 Å². The number of benzene rings is 1. The highest BCUT2D eigenvalue weighted by Crippen LogP contribution is 2.36. The first-order valence-electron chi connectivity index (χ1n) is 6.03. The fourth-order valence-electron chi connectivity index (χ4n) is 2.12. The second-order valence-corrected chi connectivity index (χ2v) is 7.38. The molecule has 0 amide bonds. The first-order chi connectivity index (χ1) is 9.61. The van der Waals surface area contributed by atoms with Crippen LogP contribution >= 0.6 is 38.9 Å². The van der Waals surface area contributed by atoms with Gasteiger partial charge in [0.2, 0.25) is 5.88 Å². The molecular weight excluding hydrogens is 360 g/mol. The molecule has 0 aliphatic carbocycles. The Kier molecular flexibility index (Phi) is 4.03. The van der Waals surface area contributed by atoms with Crippen LogP contribution < -0.4 is 5.73 Å². The maximum atomic E-state index is 6.01. The van der Waals surface area contributed by atoms with Crippen molar-refractivity contribution < 1.29 is 4.84 Å². The van der Waals surface area contributed by atoms with Crippen LogP contribution in [0.15, 0.2) is 52.1 Å². The normalized spacial score (nSPS) is 18.9. The number of hydroxylamine groups is 2. The topological polar surface area (TPSA) is 38.5 Å². The van der Waals surface area contributed by atoms with Crippen LogP contribution in [0.1, 0.15) is 16.5 Å². The highest BCUT2D eigenvalue weighted by molar-refractivity contribution is 9.11. The lowest BCUT2D eigenvalue weighted by Gasteiger charge is -2.21. The fraction of sp³-hybridized carbons (Fsp3) is 0.143. The summed E-state index contributed by atoms with van der Waals surface area (Å²) in [5.74, 6) is 0.432. The smallest absolute Gasteiger partial charge is 0.207 e. The van der Waals surface area contributed by atoms with Gasteiger partial charge in [0, 0.05) is 16.0 Å². The predicted octanol–water partition coefficient (Wildman–Crippen LogP) is 4.45. The molecule has 1 atom stereocenters. The van der Waals surface area contributed by atoms with Gasteiger partial charge in [0.05, 0.1) is 10.3 Å². The Balaban J connectivity index is 1.82. The van der Waals surface area contributed by atoms with Crippen LogP contribution in [-0.2, 0) is 11.4 Å². The molecule has 2 heterocycles. The molecule has 1 unspecified atom stereocenters. The zero-order valence-electron chi connectivity index (χ0n) is 10.4. The maximum Gasteiger partial charge on any atom is 0.207 e. The van der Waals surface area contributed by atoms with Crippen LogP contribution in [0.2, 0.25) is 5.02 Å². The van der Waals surface area contributed by atoms with Crippen molar-refractivity contribution in [1.82, 2.24) is 5.06 Å². The van der Waals surface area contributed by atoms with Gasteiger partial charge in [0.1, 0.15) is 6.04 Å². The van der Waals surface area contributed by atoms with Gasteiger partial charge in [-0.2, -0.15) is 0 Å². The molecule has 1 aromatic heterocycles. The van der Waals surface area contributed by atoms with Crippen molar-refractivity contribution in [2.24, 2.45) is 5.73 Å². The standard InChI is InChI=1S/C14H12BrClN2OS/c15-13-5-4-12(20-13)11-7-14(17)19-18(11)8-9-2-1-3-10(16)6-9/h1-7,11H,8,17H2. The van der Waals surface area contributed by atoms with Crippen molar-refractivity contribution in [3.63, 3.8) is 0 Å². The minimum Gasteiger partial charge on any atom is -0.387 e. The molecule has 3 nitrogen and oxygen atoms in total. The number of thiophene rings is 1. The number of hydrogen-bond acceptors (Lipinski definition) is 4. The quantitative estimate of drug-likeness (QED) is 0.866. The summed E-state index contributed by atoms with van der Waals surface area (Å²) in [6, 6.07) is 11.9. The van der Waals surface area contributed by atoms with E-state index in [1.807, 2.05) is 41.5 Å².